The number of rotatable bonds is 10. The Labute approximate surface area is 161 Å². The Bertz CT molecular complexity index is 488. The normalized spacial score (nSPS) is 18.3. The first-order valence-electron chi connectivity index (χ1n) is 9.54. The van der Waals surface area contributed by atoms with Gasteiger partial charge in [-0.2, -0.15) is 0 Å². The maximum Gasteiger partial charge on any atom is 0.193 e. The van der Waals surface area contributed by atoms with E-state index < -0.39 is 0 Å². The summed E-state index contributed by atoms with van der Waals surface area (Å²) in [5, 5.41) is 5.51. The van der Waals surface area contributed by atoms with Crippen LogP contribution >= 0.6 is 23.1 Å². The van der Waals surface area contributed by atoms with Crippen LogP contribution in [0.1, 0.15) is 33.6 Å². The minimum absolute atomic E-state index is 0.768. The van der Waals surface area contributed by atoms with E-state index in [0.717, 1.165) is 67.7 Å². The number of guanidine groups is 1. The Balaban J connectivity index is 1.75. The van der Waals surface area contributed by atoms with E-state index in [9.17, 15) is 0 Å². The van der Waals surface area contributed by atoms with Gasteiger partial charge in [0, 0.05) is 50.1 Å². The van der Waals surface area contributed by atoms with Crippen molar-refractivity contribution >= 4 is 29.1 Å². The highest BCUT2D eigenvalue weighted by atomic mass is 32.2. The van der Waals surface area contributed by atoms with Gasteiger partial charge in [0.15, 0.2) is 5.96 Å². The van der Waals surface area contributed by atoms with Gasteiger partial charge in [-0.25, -0.2) is 4.98 Å². The number of hydrogen-bond donors (Lipinski definition) is 1. The maximum atomic E-state index is 4.86. The molecule has 1 aromatic heterocycles. The van der Waals surface area contributed by atoms with Crippen LogP contribution in [0.3, 0.4) is 0 Å². The summed E-state index contributed by atoms with van der Waals surface area (Å²) in [5.74, 6) is 2.95. The third-order valence-electron chi connectivity index (χ3n) is 4.53. The van der Waals surface area contributed by atoms with Crippen LogP contribution < -0.4 is 5.32 Å². The standard InChI is InChI=1S/C18H33N5S2/c1-4-19-17(20-9-7-12-24-18-21-10-13-25-18)23-11-8-16(15-23)14-22(5-2)6-3/h10,13,16H,4-9,11-12,14-15H2,1-3H3,(H,19,20). The van der Waals surface area contributed by atoms with Crippen molar-refractivity contribution in [3.05, 3.63) is 11.6 Å². The van der Waals surface area contributed by atoms with Crippen molar-refractivity contribution in [1.29, 1.82) is 0 Å². The van der Waals surface area contributed by atoms with Crippen LogP contribution in [-0.2, 0) is 0 Å². The Morgan fingerprint density at radius 2 is 2.28 bits per heavy atom. The predicted octanol–water partition coefficient (Wildman–Crippen LogP) is 3.25. The minimum atomic E-state index is 0.768. The topological polar surface area (TPSA) is 43.8 Å². The summed E-state index contributed by atoms with van der Waals surface area (Å²) in [6.07, 6.45) is 4.24. The molecule has 0 saturated carbocycles. The molecule has 2 heterocycles. The van der Waals surface area contributed by atoms with Gasteiger partial charge in [0.2, 0.25) is 0 Å². The Morgan fingerprint density at radius 1 is 1.44 bits per heavy atom. The summed E-state index contributed by atoms with van der Waals surface area (Å²) in [4.78, 5) is 14.1. The first-order chi connectivity index (χ1) is 12.3. The molecule has 1 unspecified atom stereocenters. The van der Waals surface area contributed by atoms with Gasteiger partial charge in [0.25, 0.3) is 0 Å². The Morgan fingerprint density at radius 3 is 2.96 bits per heavy atom. The number of thioether (sulfide) groups is 1. The average Bonchev–Trinajstić information content (AvgIpc) is 3.30. The molecule has 25 heavy (non-hydrogen) atoms. The van der Waals surface area contributed by atoms with Crippen LogP contribution in [0.5, 0.6) is 0 Å². The lowest BCUT2D eigenvalue weighted by atomic mass is 10.1. The van der Waals surface area contributed by atoms with Crippen LogP contribution in [0.15, 0.2) is 20.9 Å². The highest BCUT2D eigenvalue weighted by molar-refractivity contribution is 8.00. The fourth-order valence-corrected chi connectivity index (χ4v) is 4.77. The molecule has 1 N–H and O–H groups in total. The van der Waals surface area contributed by atoms with Gasteiger partial charge in [-0.05, 0) is 38.8 Å². The third-order valence-corrected chi connectivity index (χ3v) is 6.58. The van der Waals surface area contributed by atoms with Gasteiger partial charge in [-0.1, -0.05) is 25.6 Å². The zero-order chi connectivity index (χ0) is 17.9. The molecule has 7 heteroatoms. The Kier molecular flexibility index (Phi) is 9.65. The summed E-state index contributed by atoms with van der Waals surface area (Å²) in [6.45, 7) is 14.3. The van der Waals surface area contributed by atoms with Gasteiger partial charge in [-0.15, -0.1) is 11.3 Å². The first kappa shape index (κ1) is 20.5. The molecular formula is C18H33N5S2. The highest BCUT2D eigenvalue weighted by Crippen LogP contribution is 2.21. The fraction of sp³-hybridized carbons (Fsp3) is 0.778. The quantitative estimate of drug-likeness (QED) is 0.291. The molecule has 0 spiro atoms. The predicted molar refractivity (Wildman–Crippen MR) is 111 cm³/mol. The van der Waals surface area contributed by atoms with Gasteiger partial charge in [0.1, 0.15) is 4.34 Å². The molecule has 2 rings (SSSR count). The van der Waals surface area contributed by atoms with E-state index in [4.69, 9.17) is 4.99 Å². The number of aromatic nitrogens is 1. The van der Waals surface area contributed by atoms with E-state index in [0.29, 0.717) is 0 Å². The maximum absolute atomic E-state index is 4.86. The van der Waals surface area contributed by atoms with E-state index in [1.54, 1.807) is 11.3 Å². The summed E-state index contributed by atoms with van der Waals surface area (Å²) in [7, 11) is 0. The molecule has 1 saturated heterocycles. The summed E-state index contributed by atoms with van der Waals surface area (Å²) in [6, 6.07) is 0. The van der Waals surface area contributed by atoms with Crippen molar-refractivity contribution in [2.24, 2.45) is 10.9 Å². The zero-order valence-corrected chi connectivity index (χ0v) is 17.5. The average molecular weight is 384 g/mol. The molecule has 0 bridgehead atoms. The van der Waals surface area contributed by atoms with Crippen LogP contribution in [-0.4, -0.2) is 72.3 Å². The van der Waals surface area contributed by atoms with E-state index in [1.807, 2.05) is 23.3 Å². The second-order valence-corrected chi connectivity index (χ2v) is 8.56. The molecule has 0 amide bonds. The number of aliphatic imine (C=N–C) groups is 1. The molecule has 0 radical (unpaired) electrons. The van der Waals surface area contributed by atoms with E-state index in [-0.39, 0.29) is 0 Å². The lowest BCUT2D eigenvalue weighted by molar-refractivity contribution is 0.255. The van der Waals surface area contributed by atoms with Crippen LogP contribution in [0, 0.1) is 5.92 Å². The second-order valence-electron chi connectivity index (χ2n) is 6.32. The monoisotopic (exact) mass is 383 g/mol. The number of hydrogen-bond acceptors (Lipinski definition) is 5. The number of likely N-dealkylation sites (tertiary alicyclic amines) is 1. The van der Waals surface area contributed by atoms with Crippen LogP contribution in [0.4, 0.5) is 0 Å². The van der Waals surface area contributed by atoms with Crippen molar-refractivity contribution in [2.45, 2.75) is 38.0 Å². The van der Waals surface area contributed by atoms with Gasteiger partial charge >= 0.3 is 0 Å². The number of nitrogens with zero attached hydrogens (tertiary/aromatic N) is 4. The molecule has 1 aliphatic heterocycles. The number of thiazole rings is 1. The molecule has 5 nitrogen and oxygen atoms in total. The van der Waals surface area contributed by atoms with Crippen molar-refractivity contribution in [3.63, 3.8) is 0 Å². The smallest absolute Gasteiger partial charge is 0.193 e. The van der Waals surface area contributed by atoms with Gasteiger partial charge in [-0.3, -0.25) is 4.99 Å². The highest BCUT2D eigenvalue weighted by Gasteiger charge is 2.25. The Hall–Kier alpha value is -0.790. The van der Waals surface area contributed by atoms with Gasteiger partial charge < -0.3 is 15.1 Å². The summed E-state index contributed by atoms with van der Waals surface area (Å²) >= 11 is 3.55. The molecule has 142 valence electrons. The molecule has 0 aliphatic carbocycles. The van der Waals surface area contributed by atoms with Crippen LogP contribution in [0.25, 0.3) is 0 Å². The summed E-state index contributed by atoms with van der Waals surface area (Å²) < 4.78 is 1.16. The molecule has 1 fully saturated rings. The second kappa shape index (κ2) is 11.8. The zero-order valence-electron chi connectivity index (χ0n) is 15.9. The van der Waals surface area contributed by atoms with Crippen LogP contribution in [0.2, 0.25) is 0 Å². The van der Waals surface area contributed by atoms with Crippen molar-refractivity contribution in [1.82, 2.24) is 20.1 Å². The van der Waals surface area contributed by atoms with E-state index >= 15 is 0 Å². The van der Waals surface area contributed by atoms with E-state index in [2.05, 4.69) is 40.9 Å². The molecule has 1 atom stereocenters. The van der Waals surface area contributed by atoms with Crippen molar-refractivity contribution in [2.75, 3.05) is 51.6 Å². The first-order valence-corrected chi connectivity index (χ1v) is 11.4. The van der Waals surface area contributed by atoms with Crippen molar-refractivity contribution < 1.29 is 0 Å². The van der Waals surface area contributed by atoms with E-state index in [1.165, 1.54) is 13.0 Å². The van der Waals surface area contributed by atoms with Crippen molar-refractivity contribution in [3.8, 4) is 0 Å². The lowest BCUT2D eigenvalue weighted by Gasteiger charge is -2.24. The fourth-order valence-electron chi connectivity index (χ4n) is 3.14. The number of nitrogens with one attached hydrogen (secondary N) is 1. The molecule has 1 aliphatic rings. The minimum Gasteiger partial charge on any atom is -0.357 e. The largest absolute Gasteiger partial charge is 0.357 e. The van der Waals surface area contributed by atoms with Gasteiger partial charge in [0.05, 0.1) is 0 Å². The third kappa shape index (κ3) is 7.15. The lowest BCUT2D eigenvalue weighted by Crippen LogP contribution is -2.41. The SMILES string of the molecule is CCNC(=NCCCSc1nccs1)N1CCC(CN(CC)CC)C1. The molecular weight excluding hydrogens is 350 g/mol. The molecule has 1 aromatic rings. The molecule has 0 aromatic carbocycles. The summed E-state index contributed by atoms with van der Waals surface area (Å²) in [5.41, 5.74) is 0.